The average molecular weight is 241 g/mol. The van der Waals surface area contributed by atoms with Crippen LogP contribution < -0.4 is 10.1 Å². The zero-order chi connectivity index (χ0) is 13.0. The molecule has 94 valence electrons. The molecule has 2 heteroatoms. The van der Waals surface area contributed by atoms with Crippen molar-refractivity contribution in [3.63, 3.8) is 0 Å². The predicted octanol–water partition coefficient (Wildman–Crippen LogP) is 3.97. The van der Waals surface area contributed by atoms with E-state index in [1.165, 1.54) is 16.7 Å². The van der Waals surface area contributed by atoms with Gasteiger partial charge < -0.3 is 10.1 Å². The van der Waals surface area contributed by atoms with Gasteiger partial charge in [-0.05, 0) is 47.4 Å². The summed E-state index contributed by atoms with van der Waals surface area (Å²) in [7, 11) is 3.65. The van der Waals surface area contributed by atoms with Gasteiger partial charge in [-0.1, -0.05) is 25.1 Å². The van der Waals surface area contributed by atoms with Gasteiger partial charge in [-0.2, -0.15) is 0 Å². The van der Waals surface area contributed by atoms with Crippen molar-refractivity contribution >= 4 is 5.69 Å². The SMILES string of the molecule is CCc1cc(-c2cccc(NC)c2)ccc1OC. The molecule has 18 heavy (non-hydrogen) atoms. The molecule has 0 atom stereocenters. The molecule has 0 saturated heterocycles. The maximum atomic E-state index is 5.36. The molecule has 0 bridgehead atoms. The van der Waals surface area contributed by atoms with Gasteiger partial charge in [0.05, 0.1) is 7.11 Å². The summed E-state index contributed by atoms with van der Waals surface area (Å²) in [5.41, 5.74) is 4.81. The molecule has 0 radical (unpaired) electrons. The summed E-state index contributed by atoms with van der Waals surface area (Å²) < 4.78 is 5.36. The van der Waals surface area contributed by atoms with Gasteiger partial charge in [-0.25, -0.2) is 0 Å². The molecule has 0 fully saturated rings. The van der Waals surface area contributed by atoms with Crippen LogP contribution in [-0.2, 0) is 6.42 Å². The third kappa shape index (κ3) is 2.48. The highest BCUT2D eigenvalue weighted by Gasteiger charge is 2.04. The molecule has 0 aliphatic heterocycles. The number of anilines is 1. The first kappa shape index (κ1) is 12.5. The Labute approximate surface area is 109 Å². The molecular formula is C16H19NO. The van der Waals surface area contributed by atoms with Crippen molar-refractivity contribution in [3.05, 3.63) is 48.0 Å². The first-order valence-corrected chi connectivity index (χ1v) is 6.23. The van der Waals surface area contributed by atoms with Crippen molar-refractivity contribution in [2.45, 2.75) is 13.3 Å². The third-order valence-corrected chi connectivity index (χ3v) is 3.15. The number of aryl methyl sites for hydroxylation is 1. The maximum absolute atomic E-state index is 5.36. The zero-order valence-electron chi connectivity index (χ0n) is 11.2. The highest BCUT2D eigenvalue weighted by molar-refractivity contribution is 5.69. The summed E-state index contributed by atoms with van der Waals surface area (Å²) in [5, 5.41) is 3.16. The Hall–Kier alpha value is -1.96. The topological polar surface area (TPSA) is 21.3 Å². The van der Waals surface area contributed by atoms with Crippen LogP contribution in [0.3, 0.4) is 0 Å². The van der Waals surface area contributed by atoms with Crippen LogP contribution in [0.2, 0.25) is 0 Å². The van der Waals surface area contributed by atoms with Crippen LogP contribution in [0.4, 0.5) is 5.69 Å². The molecule has 0 aromatic heterocycles. The Morgan fingerprint density at radius 2 is 1.83 bits per heavy atom. The minimum absolute atomic E-state index is 0.964. The Balaban J connectivity index is 2.43. The lowest BCUT2D eigenvalue weighted by Crippen LogP contribution is -1.92. The van der Waals surface area contributed by atoms with Crippen LogP contribution in [0.5, 0.6) is 5.75 Å². The van der Waals surface area contributed by atoms with Crippen molar-refractivity contribution in [1.29, 1.82) is 0 Å². The predicted molar refractivity (Wildman–Crippen MR) is 77.4 cm³/mol. The number of rotatable bonds is 4. The van der Waals surface area contributed by atoms with Crippen LogP contribution in [0.25, 0.3) is 11.1 Å². The molecule has 2 aromatic carbocycles. The van der Waals surface area contributed by atoms with Crippen LogP contribution in [0.15, 0.2) is 42.5 Å². The summed E-state index contributed by atoms with van der Waals surface area (Å²) in [6.07, 6.45) is 0.975. The molecule has 0 heterocycles. The fourth-order valence-corrected chi connectivity index (χ4v) is 2.09. The minimum atomic E-state index is 0.964. The van der Waals surface area contributed by atoms with Crippen molar-refractivity contribution in [2.75, 3.05) is 19.5 Å². The molecule has 2 aromatic rings. The molecule has 1 N–H and O–H groups in total. The van der Waals surface area contributed by atoms with E-state index in [0.717, 1.165) is 17.9 Å². The van der Waals surface area contributed by atoms with Gasteiger partial charge in [-0.15, -0.1) is 0 Å². The van der Waals surface area contributed by atoms with E-state index in [1.54, 1.807) is 7.11 Å². The zero-order valence-corrected chi connectivity index (χ0v) is 11.2. The van der Waals surface area contributed by atoms with E-state index in [-0.39, 0.29) is 0 Å². The molecule has 0 aliphatic carbocycles. The molecule has 2 nitrogen and oxygen atoms in total. The normalized spacial score (nSPS) is 10.2. The number of methoxy groups -OCH3 is 1. The van der Waals surface area contributed by atoms with Crippen LogP contribution in [-0.4, -0.2) is 14.2 Å². The van der Waals surface area contributed by atoms with E-state index in [4.69, 9.17) is 4.74 Å². The van der Waals surface area contributed by atoms with Gasteiger partial charge in [0.2, 0.25) is 0 Å². The van der Waals surface area contributed by atoms with Gasteiger partial charge in [0.25, 0.3) is 0 Å². The second-order valence-electron chi connectivity index (χ2n) is 4.21. The first-order chi connectivity index (χ1) is 8.78. The summed E-state index contributed by atoms with van der Waals surface area (Å²) >= 11 is 0. The quantitative estimate of drug-likeness (QED) is 0.874. The molecule has 0 amide bonds. The van der Waals surface area contributed by atoms with E-state index in [2.05, 4.69) is 48.6 Å². The number of nitrogens with one attached hydrogen (secondary N) is 1. The Morgan fingerprint density at radius 1 is 1.06 bits per heavy atom. The largest absolute Gasteiger partial charge is 0.496 e. The Bertz CT molecular complexity index is 534. The van der Waals surface area contributed by atoms with Crippen LogP contribution >= 0.6 is 0 Å². The Morgan fingerprint density at radius 3 is 2.50 bits per heavy atom. The van der Waals surface area contributed by atoms with Gasteiger partial charge in [0, 0.05) is 12.7 Å². The van der Waals surface area contributed by atoms with E-state index in [9.17, 15) is 0 Å². The summed E-state index contributed by atoms with van der Waals surface area (Å²) in [4.78, 5) is 0. The molecule has 2 rings (SSSR count). The van der Waals surface area contributed by atoms with Crippen LogP contribution in [0.1, 0.15) is 12.5 Å². The fraction of sp³-hybridized carbons (Fsp3) is 0.250. The average Bonchev–Trinajstić information content (AvgIpc) is 2.46. The maximum Gasteiger partial charge on any atom is 0.122 e. The fourth-order valence-electron chi connectivity index (χ4n) is 2.09. The summed E-state index contributed by atoms with van der Waals surface area (Å²) in [6.45, 7) is 2.14. The molecule has 0 saturated carbocycles. The Kier molecular flexibility index (Phi) is 3.88. The summed E-state index contributed by atoms with van der Waals surface area (Å²) in [6, 6.07) is 14.8. The van der Waals surface area contributed by atoms with Gasteiger partial charge in [0.15, 0.2) is 0 Å². The van der Waals surface area contributed by atoms with Gasteiger partial charge >= 0.3 is 0 Å². The van der Waals surface area contributed by atoms with Gasteiger partial charge in [0.1, 0.15) is 5.75 Å². The lowest BCUT2D eigenvalue weighted by atomic mass is 10.0. The number of hydrogen-bond donors (Lipinski definition) is 1. The van der Waals surface area contributed by atoms with E-state index < -0.39 is 0 Å². The molecular weight excluding hydrogens is 222 g/mol. The highest BCUT2D eigenvalue weighted by Crippen LogP contribution is 2.28. The monoisotopic (exact) mass is 241 g/mol. The van der Waals surface area contributed by atoms with Crippen molar-refractivity contribution < 1.29 is 4.74 Å². The standard InChI is InChI=1S/C16H19NO/c1-4-12-10-14(8-9-16(12)18-3)13-6-5-7-15(11-13)17-2/h5-11,17H,4H2,1-3H3. The van der Waals surface area contributed by atoms with E-state index in [0.29, 0.717) is 0 Å². The summed E-state index contributed by atoms with van der Waals surface area (Å²) in [5.74, 6) is 0.964. The number of benzene rings is 2. The van der Waals surface area contributed by atoms with Crippen LogP contribution in [0, 0.1) is 0 Å². The highest BCUT2D eigenvalue weighted by atomic mass is 16.5. The van der Waals surface area contributed by atoms with E-state index >= 15 is 0 Å². The smallest absolute Gasteiger partial charge is 0.122 e. The molecule has 0 spiro atoms. The van der Waals surface area contributed by atoms with Crippen molar-refractivity contribution in [3.8, 4) is 16.9 Å². The minimum Gasteiger partial charge on any atom is -0.496 e. The van der Waals surface area contributed by atoms with Crippen molar-refractivity contribution in [1.82, 2.24) is 0 Å². The number of hydrogen-bond acceptors (Lipinski definition) is 2. The van der Waals surface area contributed by atoms with E-state index in [1.807, 2.05) is 13.1 Å². The number of ether oxygens (including phenoxy) is 1. The lowest BCUT2D eigenvalue weighted by Gasteiger charge is -2.10. The van der Waals surface area contributed by atoms with Gasteiger partial charge in [-0.3, -0.25) is 0 Å². The second kappa shape index (κ2) is 5.58. The van der Waals surface area contributed by atoms with Crippen molar-refractivity contribution in [2.24, 2.45) is 0 Å². The first-order valence-electron chi connectivity index (χ1n) is 6.23. The molecule has 0 unspecified atom stereocenters. The second-order valence-corrected chi connectivity index (χ2v) is 4.21. The molecule has 0 aliphatic rings. The third-order valence-electron chi connectivity index (χ3n) is 3.15. The lowest BCUT2D eigenvalue weighted by molar-refractivity contribution is 0.410.